The van der Waals surface area contributed by atoms with Crippen molar-refractivity contribution in [2.75, 3.05) is 205 Å². The molecule has 6 aliphatic rings. The highest BCUT2D eigenvalue weighted by Gasteiger charge is 2.66. The number of benzene rings is 1. The van der Waals surface area contributed by atoms with Gasteiger partial charge >= 0.3 is 35.9 Å². The molecule has 0 spiro atoms. The van der Waals surface area contributed by atoms with Crippen molar-refractivity contribution in [2.45, 2.75) is 236 Å². The SMILES string of the molecule is CC(=O)N[C@H]1[C@H]2OC[C@](COCCOCCOCCOCCn3cc(COCC(COCc4cn(CCOCCOCCOCCOC[C@@]56CO[C@@H](O5)[C@H](NC(C)=O)[C@@H](OC(C)=O)[C@H]6OC(C)=O)nn4)(COCc4cn(CCOCCOCCOCCOC[C@@]56CO[C@H](O5)[C@H](NC(C)=O)[C@@H](OC(C)=O)[C@H]6OC(C)O)nn4)NC(=O)CCCCCNC(=O)OCc4ccccc4)nn3)(O2)[C@H](OC(C)=O)[C@@H]1OC(C)=O. The number of carbonyl (C=O) groups is 10. The lowest BCUT2D eigenvalue weighted by Crippen LogP contribution is -2.68. The predicted octanol–water partition coefficient (Wildman–Crippen LogP) is -1.78. The summed E-state index contributed by atoms with van der Waals surface area (Å²) in [6, 6.07) is 6.50. The number of esters is 5. The van der Waals surface area contributed by atoms with E-state index in [1.807, 2.05) is 30.3 Å². The number of aliphatic hydroxyl groups is 1. The van der Waals surface area contributed by atoms with Gasteiger partial charge in [-0.05, 0) is 25.3 Å². The molecule has 143 heavy (non-hydrogen) atoms. The first-order valence-corrected chi connectivity index (χ1v) is 47.5. The van der Waals surface area contributed by atoms with Crippen LogP contribution in [0.5, 0.6) is 0 Å². The van der Waals surface area contributed by atoms with Gasteiger partial charge < -0.3 is 164 Å². The molecule has 0 saturated carbocycles. The Labute approximate surface area is 826 Å². The standard InChI is InChI=1S/C90H138N14O39/c1-60(105)92-74-77(135-63(4)108)80(138-66(7)111)88(57-132-83(74)141-88)54-125-41-38-122-35-32-119-29-26-116-23-20-102-44-70(96-99-102)48-128-51-87(95-73(114)18-14-11-15-19-91-86(115)131-47-69-16-12-10-13-17-69,52-129-49-71-45-103(100-97-71)21-24-117-27-30-120-33-36-123-39-42-126-55-89-58-133-84(142-89)75(93-61(2)106)78(136-64(5)109)81(89)139-67(8)112)53-130-50-72-46-104(101-98-72)22-25-118-28-31-121-34-37-124-40-43-127-56-90-59-134-85(143-90)76(94-62(3)107)79(137-65(6)110)82(90)140-68(9)113/h10,12-13,16-17,44-46,66,74-85,111H,11,14-15,18-43,47-59H2,1-9H3,(H,91,115)(H,92,105)(H,93,106)(H,94,107)(H,95,114)/t66?,74-,75-,76-,77-,78-,79-,80-,81-,82-,83-,84+,85+,88+,89+,90+/m1/s1. The van der Waals surface area contributed by atoms with Gasteiger partial charge in [-0.25, -0.2) is 18.8 Å². The molecule has 6 N–H and O–H groups in total. The summed E-state index contributed by atoms with van der Waals surface area (Å²) < 4.78 is 169. The number of aliphatic hydroxyl groups excluding tert-OH is 1. The summed E-state index contributed by atoms with van der Waals surface area (Å²) in [5, 5.41) is 50.1. The van der Waals surface area contributed by atoms with Crippen LogP contribution in [0, 0.1) is 0 Å². The summed E-state index contributed by atoms with van der Waals surface area (Å²) in [4.78, 5) is 124. The van der Waals surface area contributed by atoms with Crippen LogP contribution < -0.4 is 26.6 Å². The summed E-state index contributed by atoms with van der Waals surface area (Å²) in [6.07, 6.45) is -4.65. The number of nitrogens with zero attached hydrogens (tertiary/aromatic N) is 9. The van der Waals surface area contributed by atoms with E-state index in [9.17, 15) is 53.1 Å². The molecule has 10 rings (SSSR count). The molecule has 1 unspecified atom stereocenters. The van der Waals surface area contributed by atoms with Crippen LogP contribution in [0.15, 0.2) is 48.9 Å². The highest BCUT2D eigenvalue weighted by atomic mass is 16.8. The van der Waals surface area contributed by atoms with E-state index in [1.54, 1.807) is 32.6 Å². The molecule has 0 radical (unpaired) electrons. The number of rotatable bonds is 73. The molecule has 53 nitrogen and oxygen atoms in total. The molecule has 6 bridgehead atoms. The topological polar surface area (TPSA) is 602 Å². The second-order valence-corrected chi connectivity index (χ2v) is 34.4. The van der Waals surface area contributed by atoms with Gasteiger partial charge in [0.05, 0.1) is 256 Å². The van der Waals surface area contributed by atoms with E-state index in [0.29, 0.717) is 62.5 Å². The molecular formula is C90H138N14O39. The lowest BCUT2D eigenvalue weighted by atomic mass is 9.87. The van der Waals surface area contributed by atoms with Crippen LogP contribution in [-0.2, 0) is 222 Å². The minimum atomic E-state index is -1.36. The third kappa shape index (κ3) is 39.2. The van der Waals surface area contributed by atoms with Gasteiger partial charge in [-0.2, -0.15) is 0 Å². The summed E-state index contributed by atoms with van der Waals surface area (Å²) in [6.45, 7) is 16.5. The maximum Gasteiger partial charge on any atom is 0.407 e. The molecular weight excluding hydrogens is 1900 g/mol. The normalized spacial score (nSPS) is 24.2. The monoisotopic (exact) mass is 2040 g/mol. The largest absolute Gasteiger partial charge is 0.457 e. The van der Waals surface area contributed by atoms with Crippen LogP contribution in [-0.4, -0.2) is 417 Å². The number of amides is 5. The molecule has 9 heterocycles. The third-order valence-electron chi connectivity index (χ3n) is 22.3. The Morgan fingerprint density at radius 3 is 1.06 bits per heavy atom. The fourth-order valence-corrected chi connectivity index (χ4v) is 16.1. The van der Waals surface area contributed by atoms with Crippen LogP contribution in [0.3, 0.4) is 0 Å². The van der Waals surface area contributed by atoms with E-state index < -0.39 is 156 Å². The van der Waals surface area contributed by atoms with Crippen LogP contribution >= 0.6 is 0 Å². The summed E-state index contributed by atoms with van der Waals surface area (Å²) in [5.74, 6) is -4.88. The van der Waals surface area contributed by atoms with Crippen molar-refractivity contribution in [1.82, 2.24) is 71.6 Å². The summed E-state index contributed by atoms with van der Waals surface area (Å²) in [7, 11) is 0. The number of fused-ring (bicyclic) bond motifs is 6. The number of hydrogen-bond donors (Lipinski definition) is 6. The van der Waals surface area contributed by atoms with Crippen LogP contribution in [0.4, 0.5) is 4.79 Å². The van der Waals surface area contributed by atoms with E-state index in [1.165, 1.54) is 62.3 Å². The molecule has 5 amide bonds. The second kappa shape index (κ2) is 61.0. The Bertz CT molecular complexity index is 4340. The molecule has 6 aliphatic heterocycles. The van der Waals surface area contributed by atoms with Crippen LogP contribution in [0.1, 0.15) is 111 Å². The first kappa shape index (κ1) is 115. The van der Waals surface area contributed by atoms with E-state index in [2.05, 4.69) is 57.5 Å². The van der Waals surface area contributed by atoms with E-state index in [-0.39, 0.29) is 237 Å². The zero-order chi connectivity index (χ0) is 102. The van der Waals surface area contributed by atoms with Crippen molar-refractivity contribution in [2.24, 2.45) is 0 Å². The van der Waals surface area contributed by atoms with Crippen molar-refractivity contribution >= 4 is 59.6 Å². The molecule has 53 heteroatoms. The van der Waals surface area contributed by atoms with Gasteiger partial charge in [-0.1, -0.05) is 52.4 Å². The van der Waals surface area contributed by atoms with Crippen molar-refractivity contribution in [3.05, 3.63) is 71.6 Å². The van der Waals surface area contributed by atoms with Gasteiger partial charge in [0.1, 0.15) is 59.1 Å². The zero-order valence-corrected chi connectivity index (χ0v) is 82.3. The summed E-state index contributed by atoms with van der Waals surface area (Å²) >= 11 is 0. The first-order chi connectivity index (χ1) is 69.0. The third-order valence-corrected chi connectivity index (χ3v) is 22.3. The number of unbranched alkanes of at least 4 members (excludes halogenated alkanes) is 2. The van der Waals surface area contributed by atoms with E-state index in [4.69, 9.17) is 133 Å². The molecule has 0 aliphatic carbocycles. The molecule has 4 aromatic rings. The highest BCUT2D eigenvalue weighted by Crippen LogP contribution is 2.44. The Morgan fingerprint density at radius 1 is 0.406 bits per heavy atom. The molecule has 6 saturated heterocycles. The molecule has 1 aromatic carbocycles. The Hall–Kier alpha value is -9.78. The average Bonchev–Trinajstić information content (AvgIpc) is 1.61. The average molecular weight is 2040 g/mol. The zero-order valence-electron chi connectivity index (χ0n) is 82.3. The molecule has 3 aromatic heterocycles. The highest BCUT2D eigenvalue weighted by molar-refractivity contribution is 5.77. The first-order valence-electron chi connectivity index (χ1n) is 47.5. The van der Waals surface area contributed by atoms with Crippen molar-refractivity contribution in [3.63, 3.8) is 0 Å². The number of alkyl carbamates (subject to hydrolysis) is 1. The minimum Gasteiger partial charge on any atom is -0.457 e. The van der Waals surface area contributed by atoms with Gasteiger partial charge in [0.2, 0.25) is 23.6 Å². The smallest absolute Gasteiger partial charge is 0.407 e. The Morgan fingerprint density at radius 2 is 0.727 bits per heavy atom. The molecule has 16 atom stereocenters. The van der Waals surface area contributed by atoms with E-state index >= 15 is 0 Å². The van der Waals surface area contributed by atoms with E-state index in [0.717, 1.165) is 5.56 Å². The van der Waals surface area contributed by atoms with Gasteiger partial charge in [-0.15, -0.1) is 15.3 Å². The maximum atomic E-state index is 14.3. The fraction of sp³-hybridized carbons (Fsp3) is 0.756. The van der Waals surface area contributed by atoms with Gasteiger partial charge in [0, 0.05) is 68.4 Å². The van der Waals surface area contributed by atoms with Crippen molar-refractivity contribution in [1.29, 1.82) is 0 Å². The van der Waals surface area contributed by atoms with Crippen molar-refractivity contribution in [3.8, 4) is 0 Å². The molecule has 6 fully saturated rings. The molecule has 802 valence electrons. The van der Waals surface area contributed by atoms with Gasteiger partial charge in [0.25, 0.3) is 0 Å². The number of ether oxygens (including phenoxy) is 28. The minimum absolute atomic E-state index is 0.0272. The second-order valence-electron chi connectivity index (χ2n) is 34.4. The van der Waals surface area contributed by atoms with Gasteiger partial charge in [0.15, 0.2) is 66.9 Å². The maximum absolute atomic E-state index is 14.3. The number of hydrogen-bond acceptors (Lipinski definition) is 45. The summed E-state index contributed by atoms with van der Waals surface area (Å²) in [5.41, 5.74) is -3.06. The lowest BCUT2D eigenvalue weighted by molar-refractivity contribution is -0.281. The fourth-order valence-electron chi connectivity index (χ4n) is 16.1. The van der Waals surface area contributed by atoms with Crippen LogP contribution in [0.25, 0.3) is 0 Å². The number of nitrogens with one attached hydrogen (secondary N) is 5. The van der Waals surface area contributed by atoms with Crippen LogP contribution in [0.2, 0.25) is 0 Å². The lowest BCUT2D eigenvalue weighted by Gasteiger charge is -2.46. The number of aromatic nitrogens is 9. The van der Waals surface area contributed by atoms with Crippen molar-refractivity contribution < 1.29 is 186 Å². The Balaban J connectivity index is 0.669. The van der Waals surface area contributed by atoms with Gasteiger partial charge in [-0.3, -0.25) is 43.2 Å². The predicted molar refractivity (Wildman–Crippen MR) is 481 cm³/mol. The quantitative estimate of drug-likeness (QED) is 0.0123. The number of carbonyl (C=O) groups excluding carboxylic acids is 10. The Kier molecular flexibility index (Phi) is 49.1.